The van der Waals surface area contributed by atoms with Crippen LogP contribution < -0.4 is 5.32 Å². The zero-order valence-electron chi connectivity index (χ0n) is 14.2. The van der Waals surface area contributed by atoms with Crippen molar-refractivity contribution >= 4 is 18.6 Å². The molecule has 2 rings (SSSR count). The lowest BCUT2D eigenvalue weighted by atomic mass is 9.30. The maximum absolute atomic E-state index is 12.5. The molecular weight excluding hydrogens is 319 g/mol. The van der Waals surface area contributed by atoms with Crippen LogP contribution in [0.25, 0.3) is 0 Å². The second-order valence-electron chi connectivity index (χ2n) is 5.88. The van der Waals surface area contributed by atoms with E-state index in [1.165, 1.54) is 7.11 Å². The van der Waals surface area contributed by atoms with Gasteiger partial charge in [0.2, 0.25) is 0 Å². The normalized spacial score (nSPS) is 15.9. The molecule has 1 aliphatic rings. The third kappa shape index (κ3) is 3.84. The van der Waals surface area contributed by atoms with Crippen LogP contribution in [-0.2, 0) is 14.3 Å². The molecule has 0 spiro atoms. The van der Waals surface area contributed by atoms with Crippen LogP contribution in [-0.4, -0.2) is 43.9 Å². The van der Waals surface area contributed by atoms with E-state index in [4.69, 9.17) is 21.2 Å². The number of benzene rings is 1. The Morgan fingerprint density at radius 2 is 2.04 bits per heavy atom. The number of rotatable bonds is 6. The van der Waals surface area contributed by atoms with Crippen LogP contribution in [0.15, 0.2) is 24.3 Å². The second kappa shape index (κ2) is 7.87. The van der Waals surface area contributed by atoms with Gasteiger partial charge < -0.3 is 14.8 Å². The van der Waals surface area contributed by atoms with Gasteiger partial charge in [-0.1, -0.05) is 5.92 Å². The first-order valence-corrected chi connectivity index (χ1v) is 7.98. The zero-order chi connectivity index (χ0) is 18.4. The number of hydrogen-bond donors (Lipinski definition) is 1. The zero-order valence-corrected chi connectivity index (χ0v) is 14.2. The molecule has 7 heteroatoms. The van der Waals surface area contributed by atoms with Gasteiger partial charge in [0, 0.05) is 23.7 Å². The number of amides is 1. The Bertz CT molecular complexity index is 727. The van der Waals surface area contributed by atoms with Crippen LogP contribution in [0.1, 0.15) is 22.8 Å². The van der Waals surface area contributed by atoms with Gasteiger partial charge in [-0.15, -0.1) is 6.42 Å². The Morgan fingerprint density at radius 3 is 2.52 bits per heavy atom. The lowest BCUT2D eigenvalue weighted by molar-refractivity contribution is -0.153. The number of hydrogen-bond acceptors (Lipinski definition) is 5. The Labute approximate surface area is 147 Å². The van der Waals surface area contributed by atoms with Crippen LogP contribution in [0.2, 0.25) is 12.6 Å². The van der Waals surface area contributed by atoms with Crippen molar-refractivity contribution in [3.8, 4) is 18.3 Å². The number of esters is 1. The summed E-state index contributed by atoms with van der Waals surface area (Å²) < 4.78 is 10.6. The van der Waals surface area contributed by atoms with Crippen molar-refractivity contribution in [3.63, 3.8) is 0 Å². The van der Waals surface area contributed by atoms with Gasteiger partial charge in [-0.3, -0.25) is 4.79 Å². The fourth-order valence-electron chi connectivity index (χ4n) is 3.05. The van der Waals surface area contributed by atoms with E-state index in [2.05, 4.69) is 17.2 Å². The van der Waals surface area contributed by atoms with E-state index in [1.54, 1.807) is 31.2 Å². The standard InChI is InChI=1S/C18H19BN2O4/c1-4-13-6-8-14(9-7-13)16(22)21-15(17(23)24-3)18(25-5-2)10-19(11-18)12-20/h1,6-9,15H,5,10-11H2,2-3H3,(H,21,22). The number of terminal acetylenes is 1. The molecule has 1 N–H and O–H groups in total. The van der Waals surface area contributed by atoms with Crippen molar-refractivity contribution in [2.45, 2.75) is 31.2 Å². The molecule has 1 aromatic rings. The average Bonchev–Trinajstić information content (AvgIpc) is 2.61. The number of nitriles is 1. The lowest BCUT2D eigenvalue weighted by Crippen LogP contribution is -2.66. The van der Waals surface area contributed by atoms with Gasteiger partial charge in [0.25, 0.3) is 12.6 Å². The van der Waals surface area contributed by atoms with Gasteiger partial charge in [-0.2, -0.15) is 0 Å². The summed E-state index contributed by atoms with van der Waals surface area (Å²) in [6.45, 7) is 1.96. The highest BCUT2D eigenvalue weighted by Gasteiger charge is 2.56. The molecule has 1 unspecified atom stereocenters. The molecule has 0 aromatic heterocycles. The number of carbonyl (C=O) groups is 2. The molecule has 0 radical (unpaired) electrons. The number of carbonyl (C=O) groups excluding carboxylic acids is 2. The maximum Gasteiger partial charge on any atom is 0.331 e. The highest BCUT2D eigenvalue weighted by molar-refractivity contribution is 6.70. The van der Waals surface area contributed by atoms with Crippen LogP contribution >= 0.6 is 0 Å². The summed E-state index contributed by atoms with van der Waals surface area (Å²) in [6, 6.07) is 5.49. The van der Waals surface area contributed by atoms with Crippen molar-refractivity contribution in [1.29, 1.82) is 5.26 Å². The maximum atomic E-state index is 12.5. The number of nitrogens with zero attached hydrogens (tertiary/aromatic N) is 1. The fraction of sp³-hybridized carbons (Fsp3) is 0.389. The van der Waals surface area contributed by atoms with E-state index in [1.807, 2.05) is 0 Å². The van der Waals surface area contributed by atoms with Gasteiger partial charge in [-0.05, 0) is 43.8 Å². The molecule has 0 aliphatic carbocycles. The Balaban J connectivity index is 2.22. The molecule has 1 aromatic carbocycles. The van der Waals surface area contributed by atoms with E-state index in [-0.39, 0.29) is 6.71 Å². The molecule has 1 fully saturated rings. The van der Waals surface area contributed by atoms with Crippen molar-refractivity contribution in [2.24, 2.45) is 0 Å². The average molecular weight is 338 g/mol. The first kappa shape index (κ1) is 18.6. The van der Waals surface area contributed by atoms with E-state index in [0.717, 1.165) is 0 Å². The molecule has 25 heavy (non-hydrogen) atoms. The molecule has 1 aliphatic heterocycles. The summed E-state index contributed by atoms with van der Waals surface area (Å²) in [5.41, 5.74) is 0.106. The summed E-state index contributed by atoms with van der Waals surface area (Å²) in [6.07, 6.45) is 6.04. The highest BCUT2D eigenvalue weighted by Crippen LogP contribution is 2.40. The summed E-state index contributed by atoms with van der Waals surface area (Å²) >= 11 is 0. The molecule has 1 atom stereocenters. The molecular formula is C18H19BN2O4. The minimum Gasteiger partial charge on any atom is -0.467 e. The number of ether oxygens (including phenoxy) is 2. The van der Waals surface area contributed by atoms with Crippen LogP contribution in [0.5, 0.6) is 0 Å². The quantitative estimate of drug-likeness (QED) is 0.480. The van der Waals surface area contributed by atoms with Crippen molar-refractivity contribution in [3.05, 3.63) is 35.4 Å². The SMILES string of the molecule is C#Cc1ccc(C(=O)NC(C(=O)OC)C2(OCC)CB(C#N)C2)cc1. The van der Waals surface area contributed by atoms with Crippen LogP contribution in [0.3, 0.4) is 0 Å². The number of nitrogens with one attached hydrogen (secondary N) is 1. The van der Waals surface area contributed by atoms with Crippen LogP contribution in [0, 0.1) is 23.6 Å². The Kier molecular flexibility index (Phi) is 5.85. The van der Waals surface area contributed by atoms with E-state index in [9.17, 15) is 9.59 Å². The molecule has 1 amide bonds. The minimum absolute atomic E-state index is 0.203. The lowest BCUT2D eigenvalue weighted by Gasteiger charge is -2.47. The van der Waals surface area contributed by atoms with Crippen molar-refractivity contribution < 1.29 is 19.1 Å². The highest BCUT2D eigenvalue weighted by atomic mass is 16.5. The van der Waals surface area contributed by atoms with Gasteiger partial charge in [0.15, 0.2) is 6.04 Å². The molecule has 1 heterocycles. The monoisotopic (exact) mass is 338 g/mol. The summed E-state index contributed by atoms with van der Waals surface area (Å²) in [5, 5.41) is 11.7. The fourth-order valence-corrected chi connectivity index (χ4v) is 3.05. The topological polar surface area (TPSA) is 88.4 Å². The van der Waals surface area contributed by atoms with Crippen LogP contribution in [0.4, 0.5) is 0 Å². The Morgan fingerprint density at radius 1 is 1.40 bits per heavy atom. The van der Waals surface area contributed by atoms with Gasteiger partial charge in [-0.25, -0.2) is 10.1 Å². The van der Waals surface area contributed by atoms with Gasteiger partial charge >= 0.3 is 5.97 Å². The van der Waals surface area contributed by atoms with E-state index >= 15 is 0 Å². The predicted molar refractivity (Wildman–Crippen MR) is 93.0 cm³/mol. The predicted octanol–water partition coefficient (Wildman–Crippen LogP) is 1.29. The molecule has 0 bridgehead atoms. The largest absolute Gasteiger partial charge is 0.467 e. The first-order chi connectivity index (χ1) is 12.0. The van der Waals surface area contributed by atoms with E-state index < -0.39 is 23.5 Å². The van der Waals surface area contributed by atoms with Gasteiger partial charge in [0.1, 0.15) is 0 Å². The smallest absolute Gasteiger partial charge is 0.331 e. The molecule has 1 saturated heterocycles. The third-order valence-corrected chi connectivity index (χ3v) is 4.35. The summed E-state index contributed by atoms with van der Waals surface area (Å²) in [5.74, 6) is 3.61. The Hall–Kier alpha value is -2.77. The second-order valence-corrected chi connectivity index (χ2v) is 5.88. The molecule has 128 valence electrons. The summed E-state index contributed by atoms with van der Waals surface area (Å²) in [4.78, 5) is 24.8. The third-order valence-electron chi connectivity index (χ3n) is 4.35. The summed E-state index contributed by atoms with van der Waals surface area (Å²) in [7, 11) is 1.25. The van der Waals surface area contributed by atoms with Crippen molar-refractivity contribution in [2.75, 3.05) is 13.7 Å². The first-order valence-electron chi connectivity index (χ1n) is 7.98. The van der Waals surface area contributed by atoms with Gasteiger partial charge in [0.05, 0.1) is 12.7 Å². The minimum atomic E-state index is -0.984. The molecule has 6 nitrogen and oxygen atoms in total. The van der Waals surface area contributed by atoms with Crippen molar-refractivity contribution in [1.82, 2.24) is 5.32 Å². The number of methoxy groups -OCH3 is 1. The molecule has 0 saturated carbocycles. The van der Waals surface area contributed by atoms with E-state index in [0.29, 0.717) is 30.4 Å².